The molecule has 0 aromatic carbocycles. The number of rotatable bonds is 2. The van der Waals surface area contributed by atoms with E-state index < -0.39 is 6.10 Å². The van der Waals surface area contributed by atoms with Gasteiger partial charge in [0.25, 0.3) is 5.91 Å². The van der Waals surface area contributed by atoms with Crippen LogP contribution in [0.2, 0.25) is 0 Å². The van der Waals surface area contributed by atoms with Crippen molar-refractivity contribution in [2.45, 2.75) is 50.3 Å². The van der Waals surface area contributed by atoms with E-state index in [1.54, 1.807) is 0 Å². The zero-order chi connectivity index (χ0) is 13.2. The lowest BCUT2D eigenvalue weighted by Gasteiger charge is -2.45. The lowest BCUT2D eigenvalue weighted by Crippen LogP contribution is -2.56. The molecular weight excluding hydrogens is 280 g/mol. The Morgan fingerprint density at radius 2 is 1.85 bits per heavy atom. The summed E-state index contributed by atoms with van der Waals surface area (Å²) < 4.78 is 10.8. The molecule has 116 valence electrons. The predicted molar refractivity (Wildman–Crippen MR) is 77.8 cm³/mol. The van der Waals surface area contributed by atoms with Crippen molar-refractivity contribution >= 4 is 18.3 Å². The van der Waals surface area contributed by atoms with Crippen LogP contribution in [0.3, 0.4) is 0 Å². The monoisotopic (exact) mass is 304 g/mol. The van der Waals surface area contributed by atoms with E-state index in [0.29, 0.717) is 43.7 Å². The molecule has 1 saturated heterocycles. The van der Waals surface area contributed by atoms with Crippen LogP contribution in [-0.2, 0) is 14.3 Å². The van der Waals surface area contributed by atoms with Crippen molar-refractivity contribution < 1.29 is 14.3 Å². The molecule has 3 fully saturated rings. The standard InChI is InChI=1S/C14H24N2O3.ClH/c15-11-6-9-2-1-3-10(7-11)13(9)16-14(17)12-8-18-4-5-19-12;/h9-13H,1-8,15H2,(H,16,17);1H. The molecule has 20 heavy (non-hydrogen) atoms. The molecule has 1 heterocycles. The zero-order valence-corrected chi connectivity index (χ0v) is 12.6. The van der Waals surface area contributed by atoms with E-state index >= 15 is 0 Å². The SMILES string of the molecule is Cl.NC1CC2CCCC(C1)C2NC(=O)C1COCCO1. The van der Waals surface area contributed by atoms with E-state index in [4.69, 9.17) is 15.2 Å². The van der Waals surface area contributed by atoms with Crippen LogP contribution in [0.25, 0.3) is 0 Å². The topological polar surface area (TPSA) is 73.6 Å². The van der Waals surface area contributed by atoms with Gasteiger partial charge in [-0.1, -0.05) is 6.42 Å². The summed E-state index contributed by atoms with van der Waals surface area (Å²) in [5, 5.41) is 3.21. The van der Waals surface area contributed by atoms with Crippen LogP contribution in [0.4, 0.5) is 0 Å². The van der Waals surface area contributed by atoms with Gasteiger partial charge in [0.15, 0.2) is 6.10 Å². The molecule has 0 radical (unpaired) electrons. The summed E-state index contributed by atoms with van der Waals surface area (Å²) in [6.45, 7) is 1.49. The van der Waals surface area contributed by atoms with E-state index in [1.165, 1.54) is 19.3 Å². The van der Waals surface area contributed by atoms with Crippen molar-refractivity contribution in [2.24, 2.45) is 17.6 Å². The Bertz CT molecular complexity index is 322. The fourth-order valence-corrected chi connectivity index (χ4v) is 3.92. The number of hydrogen-bond acceptors (Lipinski definition) is 4. The van der Waals surface area contributed by atoms with Crippen LogP contribution in [0.5, 0.6) is 0 Å². The van der Waals surface area contributed by atoms with Crippen LogP contribution >= 0.6 is 12.4 Å². The van der Waals surface area contributed by atoms with Crippen LogP contribution in [0, 0.1) is 11.8 Å². The minimum absolute atomic E-state index is 0. The van der Waals surface area contributed by atoms with Crippen LogP contribution in [0.15, 0.2) is 0 Å². The first-order valence-corrected chi connectivity index (χ1v) is 7.49. The van der Waals surface area contributed by atoms with Gasteiger partial charge in [-0.15, -0.1) is 12.4 Å². The Morgan fingerprint density at radius 3 is 2.45 bits per heavy atom. The Kier molecular flexibility index (Phi) is 5.66. The number of nitrogens with two attached hydrogens (primary N) is 1. The molecule has 3 unspecified atom stereocenters. The Balaban J connectivity index is 0.00000147. The molecule has 1 amide bonds. The maximum Gasteiger partial charge on any atom is 0.251 e. The quantitative estimate of drug-likeness (QED) is 0.793. The van der Waals surface area contributed by atoms with Crippen molar-refractivity contribution in [2.75, 3.05) is 19.8 Å². The Hall–Kier alpha value is -0.360. The molecule has 2 aliphatic carbocycles. The van der Waals surface area contributed by atoms with Gasteiger partial charge >= 0.3 is 0 Å². The maximum absolute atomic E-state index is 12.2. The minimum Gasteiger partial charge on any atom is -0.376 e. The normalized spacial score (nSPS) is 40.5. The summed E-state index contributed by atoms with van der Waals surface area (Å²) in [5.74, 6) is 1.10. The number of ether oxygens (including phenoxy) is 2. The van der Waals surface area contributed by atoms with E-state index in [0.717, 1.165) is 12.8 Å². The molecule has 3 aliphatic rings. The number of carbonyl (C=O) groups excluding carboxylic acids is 1. The number of fused-ring (bicyclic) bond motifs is 2. The van der Waals surface area contributed by atoms with Crippen molar-refractivity contribution in [3.63, 3.8) is 0 Å². The van der Waals surface area contributed by atoms with Gasteiger partial charge in [0.1, 0.15) is 0 Å². The fraction of sp³-hybridized carbons (Fsp3) is 0.929. The zero-order valence-electron chi connectivity index (χ0n) is 11.8. The highest BCUT2D eigenvalue weighted by atomic mass is 35.5. The highest BCUT2D eigenvalue weighted by molar-refractivity contribution is 5.85. The first kappa shape index (κ1) is 16.0. The van der Waals surface area contributed by atoms with Gasteiger partial charge in [-0.3, -0.25) is 4.79 Å². The molecule has 0 aromatic heterocycles. The Morgan fingerprint density at radius 1 is 1.15 bits per heavy atom. The average Bonchev–Trinajstić information content (AvgIpc) is 2.41. The first-order valence-electron chi connectivity index (χ1n) is 7.49. The lowest BCUT2D eigenvalue weighted by molar-refractivity contribution is -0.149. The number of amides is 1. The molecule has 0 spiro atoms. The lowest BCUT2D eigenvalue weighted by atomic mass is 9.67. The second kappa shape index (κ2) is 7.07. The molecule has 1 aliphatic heterocycles. The molecule has 0 aromatic rings. The number of nitrogens with one attached hydrogen (secondary N) is 1. The van der Waals surface area contributed by atoms with Crippen molar-refractivity contribution in [1.29, 1.82) is 0 Å². The molecule has 5 nitrogen and oxygen atoms in total. The van der Waals surface area contributed by atoms with Crippen LogP contribution in [-0.4, -0.2) is 43.9 Å². The molecule has 3 atom stereocenters. The van der Waals surface area contributed by atoms with Gasteiger partial charge in [0, 0.05) is 12.1 Å². The molecule has 2 saturated carbocycles. The molecule has 3 rings (SSSR count). The van der Waals surface area contributed by atoms with Crippen molar-refractivity contribution in [3.05, 3.63) is 0 Å². The van der Waals surface area contributed by atoms with Gasteiger partial charge in [0.2, 0.25) is 0 Å². The second-order valence-corrected chi connectivity index (χ2v) is 6.15. The Labute approximate surface area is 126 Å². The minimum atomic E-state index is -0.426. The maximum atomic E-state index is 12.2. The summed E-state index contributed by atoms with van der Waals surface area (Å²) in [7, 11) is 0. The summed E-state index contributed by atoms with van der Waals surface area (Å²) in [6.07, 6.45) is 5.32. The number of carbonyl (C=O) groups is 1. The molecule has 6 heteroatoms. The average molecular weight is 305 g/mol. The third-order valence-electron chi connectivity index (χ3n) is 4.79. The van der Waals surface area contributed by atoms with Gasteiger partial charge in [-0.25, -0.2) is 0 Å². The van der Waals surface area contributed by atoms with Gasteiger partial charge < -0.3 is 20.5 Å². The third-order valence-corrected chi connectivity index (χ3v) is 4.79. The highest BCUT2D eigenvalue weighted by Crippen LogP contribution is 2.39. The molecule has 2 bridgehead atoms. The highest BCUT2D eigenvalue weighted by Gasteiger charge is 2.40. The largest absolute Gasteiger partial charge is 0.376 e. The molecular formula is C14H25ClN2O3. The number of halogens is 1. The third kappa shape index (κ3) is 3.45. The van der Waals surface area contributed by atoms with Crippen molar-refractivity contribution in [1.82, 2.24) is 5.32 Å². The summed E-state index contributed by atoms with van der Waals surface area (Å²) in [6, 6.07) is 0.615. The second-order valence-electron chi connectivity index (χ2n) is 6.15. The summed E-state index contributed by atoms with van der Waals surface area (Å²) in [5.41, 5.74) is 6.10. The van der Waals surface area contributed by atoms with Gasteiger partial charge in [0.05, 0.1) is 19.8 Å². The van der Waals surface area contributed by atoms with Crippen LogP contribution in [0.1, 0.15) is 32.1 Å². The van der Waals surface area contributed by atoms with Gasteiger partial charge in [-0.2, -0.15) is 0 Å². The molecule has 3 N–H and O–H groups in total. The van der Waals surface area contributed by atoms with E-state index in [9.17, 15) is 4.79 Å². The smallest absolute Gasteiger partial charge is 0.251 e. The first-order chi connectivity index (χ1) is 9.24. The summed E-state index contributed by atoms with van der Waals surface area (Å²) >= 11 is 0. The van der Waals surface area contributed by atoms with E-state index in [1.807, 2.05) is 0 Å². The van der Waals surface area contributed by atoms with E-state index in [-0.39, 0.29) is 18.3 Å². The van der Waals surface area contributed by atoms with E-state index in [2.05, 4.69) is 5.32 Å². The van der Waals surface area contributed by atoms with Crippen LogP contribution < -0.4 is 11.1 Å². The van der Waals surface area contributed by atoms with Crippen molar-refractivity contribution in [3.8, 4) is 0 Å². The van der Waals surface area contributed by atoms with Gasteiger partial charge in [-0.05, 0) is 37.5 Å². The predicted octanol–water partition coefficient (Wildman–Crippen LogP) is 0.846. The fourth-order valence-electron chi connectivity index (χ4n) is 3.92. The summed E-state index contributed by atoms with van der Waals surface area (Å²) in [4.78, 5) is 12.2. The number of hydrogen-bond donors (Lipinski definition) is 2.